The highest BCUT2D eigenvalue weighted by Crippen LogP contribution is 2.15. The topological polar surface area (TPSA) is 52.6 Å². The molecule has 0 aliphatic rings. The lowest BCUT2D eigenvalue weighted by atomic mass is 10.1. The van der Waals surface area contributed by atoms with Gasteiger partial charge in [-0.25, -0.2) is 4.79 Å². The Labute approximate surface area is 129 Å². The van der Waals surface area contributed by atoms with Crippen LogP contribution in [0.5, 0.6) is 5.75 Å². The lowest BCUT2D eigenvalue weighted by Crippen LogP contribution is -2.11. The SMILES string of the molecule is CC(=O)COC(=O)c1ccc(COc2cccc(C)c2)cc1. The molecule has 114 valence electrons. The minimum absolute atomic E-state index is 0.184. The predicted molar refractivity (Wildman–Crippen MR) is 82.9 cm³/mol. The molecular formula is C18H18O4. The van der Waals surface area contributed by atoms with Crippen molar-refractivity contribution in [1.82, 2.24) is 0 Å². The van der Waals surface area contributed by atoms with Crippen molar-refractivity contribution in [1.29, 1.82) is 0 Å². The van der Waals surface area contributed by atoms with Crippen molar-refractivity contribution >= 4 is 11.8 Å². The fraction of sp³-hybridized carbons (Fsp3) is 0.222. The summed E-state index contributed by atoms with van der Waals surface area (Å²) in [6, 6.07) is 14.8. The number of ether oxygens (including phenoxy) is 2. The molecule has 0 atom stereocenters. The van der Waals surface area contributed by atoms with E-state index >= 15 is 0 Å². The third-order valence-electron chi connectivity index (χ3n) is 2.99. The number of hydrogen-bond acceptors (Lipinski definition) is 4. The number of esters is 1. The largest absolute Gasteiger partial charge is 0.489 e. The van der Waals surface area contributed by atoms with Crippen molar-refractivity contribution < 1.29 is 19.1 Å². The zero-order valence-electron chi connectivity index (χ0n) is 12.7. The highest BCUT2D eigenvalue weighted by molar-refractivity contribution is 5.91. The molecule has 2 aromatic carbocycles. The van der Waals surface area contributed by atoms with Gasteiger partial charge in [0.2, 0.25) is 0 Å². The molecule has 0 unspecified atom stereocenters. The lowest BCUT2D eigenvalue weighted by molar-refractivity contribution is -0.120. The molecule has 4 nitrogen and oxygen atoms in total. The van der Waals surface area contributed by atoms with Crippen molar-refractivity contribution in [3.8, 4) is 5.75 Å². The van der Waals surface area contributed by atoms with Crippen LogP contribution in [0, 0.1) is 6.92 Å². The molecule has 0 N–H and O–H groups in total. The van der Waals surface area contributed by atoms with Gasteiger partial charge >= 0.3 is 5.97 Å². The smallest absolute Gasteiger partial charge is 0.338 e. The third kappa shape index (κ3) is 4.74. The van der Waals surface area contributed by atoms with Gasteiger partial charge in [-0.1, -0.05) is 24.3 Å². The van der Waals surface area contributed by atoms with Crippen LogP contribution in [0.25, 0.3) is 0 Å². The Hall–Kier alpha value is -2.62. The van der Waals surface area contributed by atoms with Crippen molar-refractivity contribution in [3.63, 3.8) is 0 Å². The molecule has 0 radical (unpaired) electrons. The predicted octanol–water partition coefficient (Wildman–Crippen LogP) is 3.32. The normalized spacial score (nSPS) is 10.1. The first kappa shape index (κ1) is 15.8. The van der Waals surface area contributed by atoms with E-state index in [2.05, 4.69) is 0 Å². The van der Waals surface area contributed by atoms with Gasteiger partial charge in [-0.15, -0.1) is 0 Å². The minimum Gasteiger partial charge on any atom is -0.489 e. The summed E-state index contributed by atoms with van der Waals surface area (Å²) in [6.45, 7) is 3.61. The summed E-state index contributed by atoms with van der Waals surface area (Å²) in [5, 5.41) is 0. The molecule has 22 heavy (non-hydrogen) atoms. The van der Waals surface area contributed by atoms with Crippen molar-refractivity contribution in [3.05, 3.63) is 65.2 Å². The molecule has 0 amide bonds. The van der Waals surface area contributed by atoms with Crippen molar-refractivity contribution in [2.45, 2.75) is 20.5 Å². The number of aryl methyl sites for hydroxylation is 1. The van der Waals surface area contributed by atoms with E-state index in [1.54, 1.807) is 24.3 Å². The van der Waals surface area contributed by atoms with Gasteiger partial charge in [-0.3, -0.25) is 4.79 Å². The van der Waals surface area contributed by atoms with Crippen LogP contribution in [0.3, 0.4) is 0 Å². The molecule has 0 saturated heterocycles. The summed E-state index contributed by atoms with van der Waals surface area (Å²) < 4.78 is 10.5. The van der Waals surface area contributed by atoms with Gasteiger partial charge < -0.3 is 9.47 Å². The third-order valence-corrected chi connectivity index (χ3v) is 2.99. The minimum atomic E-state index is -0.499. The highest BCUT2D eigenvalue weighted by Gasteiger charge is 2.08. The Kier molecular flexibility index (Phi) is 5.31. The van der Waals surface area contributed by atoms with Gasteiger partial charge in [0.25, 0.3) is 0 Å². The van der Waals surface area contributed by atoms with Crippen LogP contribution in [0.4, 0.5) is 0 Å². The number of rotatable bonds is 6. The molecule has 2 aromatic rings. The van der Waals surface area contributed by atoms with Crippen LogP contribution in [-0.2, 0) is 16.1 Å². The van der Waals surface area contributed by atoms with Gasteiger partial charge in [0, 0.05) is 0 Å². The summed E-state index contributed by atoms with van der Waals surface area (Å²) >= 11 is 0. The van der Waals surface area contributed by atoms with Gasteiger partial charge in [-0.05, 0) is 49.2 Å². The van der Waals surface area contributed by atoms with Crippen LogP contribution in [-0.4, -0.2) is 18.4 Å². The first-order chi connectivity index (χ1) is 10.5. The number of carbonyl (C=O) groups excluding carboxylic acids is 2. The Balaban J connectivity index is 1.91. The zero-order chi connectivity index (χ0) is 15.9. The van der Waals surface area contributed by atoms with E-state index in [0.29, 0.717) is 12.2 Å². The van der Waals surface area contributed by atoms with Gasteiger partial charge in [0.05, 0.1) is 5.56 Å². The molecule has 0 fully saturated rings. The molecule has 0 heterocycles. The maximum absolute atomic E-state index is 11.7. The molecule has 0 aliphatic heterocycles. The van der Waals surface area contributed by atoms with Gasteiger partial charge in [-0.2, -0.15) is 0 Å². The van der Waals surface area contributed by atoms with Crippen molar-refractivity contribution in [2.24, 2.45) is 0 Å². The average Bonchev–Trinajstić information content (AvgIpc) is 2.51. The number of carbonyl (C=O) groups is 2. The van der Waals surface area contributed by atoms with Crippen LogP contribution in [0.2, 0.25) is 0 Å². The summed E-state index contributed by atoms with van der Waals surface area (Å²) in [4.78, 5) is 22.5. The van der Waals surface area contributed by atoms with Crippen LogP contribution in [0.15, 0.2) is 48.5 Å². The van der Waals surface area contributed by atoms with E-state index in [4.69, 9.17) is 9.47 Å². The standard InChI is InChI=1S/C18H18O4/c1-13-4-3-5-17(10-13)21-12-15-6-8-16(9-7-15)18(20)22-11-14(2)19/h3-10H,11-12H2,1-2H3. The average molecular weight is 298 g/mol. The first-order valence-corrected chi connectivity index (χ1v) is 6.99. The second-order valence-electron chi connectivity index (χ2n) is 5.08. The first-order valence-electron chi connectivity index (χ1n) is 6.99. The molecule has 4 heteroatoms. The Morgan fingerprint density at radius 2 is 1.77 bits per heavy atom. The fourth-order valence-electron chi connectivity index (χ4n) is 1.86. The Bertz CT molecular complexity index is 659. The van der Waals surface area contributed by atoms with E-state index in [-0.39, 0.29) is 12.4 Å². The Morgan fingerprint density at radius 1 is 1.05 bits per heavy atom. The Morgan fingerprint density at radius 3 is 2.41 bits per heavy atom. The number of Topliss-reactive ketones (excluding diaryl/α,β-unsaturated/α-hetero) is 1. The second-order valence-corrected chi connectivity index (χ2v) is 5.08. The summed E-state index contributed by atoms with van der Waals surface area (Å²) in [7, 11) is 0. The molecule has 0 bridgehead atoms. The lowest BCUT2D eigenvalue weighted by Gasteiger charge is -2.08. The summed E-state index contributed by atoms with van der Waals surface area (Å²) in [5.74, 6) is 0.128. The maximum Gasteiger partial charge on any atom is 0.338 e. The fourth-order valence-corrected chi connectivity index (χ4v) is 1.86. The maximum atomic E-state index is 11.7. The highest BCUT2D eigenvalue weighted by atomic mass is 16.5. The second kappa shape index (κ2) is 7.41. The van der Waals surface area contributed by atoms with Crippen LogP contribution < -0.4 is 4.74 Å². The van der Waals surface area contributed by atoms with E-state index < -0.39 is 5.97 Å². The number of ketones is 1. The summed E-state index contributed by atoms with van der Waals surface area (Å²) in [5.41, 5.74) is 2.51. The van der Waals surface area contributed by atoms with Crippen molar-refractivity contribution in [2.75, 3.05) is 6.61 Å². The van der Waals surface area contributed by atoms with Crippen LogP contribution >= 0.6 is 0 Å². The molecule has 0 aliphatic carbocycles. The van der Waals surface area contributed by atoms with E-state index in [1.165, 1.54) is 6.92 Å². The quantitative estimate of drug-likeness (QED) is 0.768. The van der Waals surface area contributed by atoms with E-state index in [9.17, 15) is 9.59 Å². The molecule has 0 aromatic heterocycles. The molecule has 0 spiro atoms. The molecular weight excluding hydrogens is 280 g/mol. The number of hydrogen-bond donors (Lipinski definition) is 0. The van der Waals surface area contributed by atoms with Gasteiger partial charge in [0.15, 0.2) is 5.78 Å². The molecule has 2 rings (SSSR count). The van der Waals surface area contributed by atoms with E-state index in [0.717, 1.165) is 16.9 Å². The summed E-state index contributed by atoms with van der Waals surface area (Å²) in [6.07, 6.45) is 0. The molecule has 0 saturated carbocycles. The van der Waals surface area contributed by atoms with Gasteiger partial charge in [0.1, 0.15) is 19.0 Å². The monoisotopic (exact) mass is 298 g/mol. The number of benzene rings is 2. The zero-order valence-corrected chi connectivity index (χ0v) is 12.7. The van der Waals surface area contributed by atoms with Crippen LogP contribution in [0.1, 0.15) is 28.4 Å². The van der Waals surface area contributed by atoms with E-state index in [1.807, 2.05) is 31.2 Å².